The lowest BCUT2D eigenvalue weighted by Crippen LogP contribution is -2.53. The van der Waals surface area contributed by atoms with Crippen LogP contribution in [0.2, 0.25) is 0 Å². The first-order valence-corrected chi connectivity index (χ1v) is 8.89. The maximum Gasteiger partial charge on any atom is 0.241 e. The molecule has 5 nitrogen and oxygen atoms in total. The highest BCUT2D eigenvalue weighted by Crippen LogP contribution is 2.21. The molecule has 1 amide bonds. The molecule has 0 unspecified atom stereocenters. The largest absolute Gasteiger partial charge is 0.325 e. The zero-order chi connectivity index (χ0) is 17.6. The van der Waals surface area contributed by atoms with Gasteiger partial charge in [0.2, 0.25) is 5.91 Å². The second-order valence-corrected chi connectivity index (χ2v) is 6.57. The minimum absolute atomic E-state index is 0.0555. The number of para-hydroxylation sites is 1. The van der Waals surface area contributed by atoms with Crippen LogP contribution >= 0.6 is 0 Å². The van der Waals surface area contributed by atoms with Gasteiger partial charge in [0.05, 0.1) is 6.04 Å². The molecule has 1 aliphatic rings. The number of nitrogens with one attached hydrogen (secondary N) is 1. The lowest BCUT2D eigenvalue weighted by Gasteiger charge is -2.40. The minimum Gasteiger partial charge on any atom is -0.325 e. The van der Waals surface area contributed by atoms with E-state index in [1.54, 1.807) is 6.20 Å². The Balaban J connectivity index is 1.52. The van der Waals surface area contributed by atoms with Gasteiger partial charge in [-0.05, 0) is 37.6 Å². The molecule has 1 saturated heterocycles. The number of hydrogen-bond acceptors (Lipinski definition) is 4. The lowest BCUT2D eigenvalue weighted by molar-refractivity contribution is -0.121. The molecule has 1 aromatic heterocycles. The number of piperazine rings is 1. The Morgan fingerprint density at radius 3 is 2.32 bits per heavy atom. The van der Waals surface area contributed by atoms with Crippen molar-refractivity contribution >= 4 is 11.6 Å². The van der Waals surface area contributed by atoms with Crippen molar-refractivity contribution in [2.75, 3.05) is 31.5 Å². The number of hydrogen-bond donors (Lipinski definition) is 1. The molecule has 0 saturated carbocycles. The molecule has 1 aromatic carbocycles. The van der Waals surface area contributed by atoms with Gasteiger partial charge in [0.1, 0.15) is 0 Å². The fourth-order valence-electron chi connectivity index (χ4n) is 3.28. The SMILES string of the molecule is C[C@H](C(=O)Nc1ccccc1)N1CCN([C@@H](C)c2cccnc2)CC1. The summed E-state index contributed by atoms with van der Waals surface area (Å²) in [4.78, 5) is 21.4. The van der Waals surface area contributed by atoms with Crippen LogP contribution in [0.1, 0.15) is 25.5 Å². The van der Waals surface area contributed by atoms with Crippen LogP contribution in [0.5, 0.6) is 0 Å². The Morgan fingerprint density at radius 1 is 1.00 bits per heavy atom. The van der Waals surface area contributed by atoms with Crippen LogP contribution in [0.3, 0.4) is 0 Å². The third-order valence-corrected chi connectivity index (χ3v) is 5.03. The van der Waals surface area contributed by atoms with Gasteiger partial charge in [-0.3, -0.25) is 19.6 Å². The third kappa shape index (κ3) is 4.44. The van der Waals surface area contributed by atoms with Crippen molar-refractivity contribution < 1.29 is 4.79 Å². The van der Waals surface area contributed by atoms with Gasteiger partial charge in [-0.2, -0.15) is 0 Å². The van der Waals surface area contributed by atoms with Crippen LogP contribution in [0.25, 0.3) is 0 Å². The van der Waals surface area contributed by atoms with Gasteiger partial charge >= 0.3 is 0 Å². The molecule has 1 fully saturated rings. The van der Waals surface area contributed by atoms with E-state index in [2.05, 4.69) is 33.1 Å². The number of nitrogens with zero attached hydrogens (tertiary/aromatic N) is 3. The van der Waals surface area contributed by atoms with Gasteiger partial charge in [0.25, 0.3) is 0 Å². The molecule has 132 valence electrons. The van der Waals surface area contributed by atoms with E-state index in [0.717, 1.165) is 31.9 Å². The summed E-state index contributed by atoms with van der Waals surface area (Å²) in [5.74, 6) is 0.0555. The van der Waals surface area contributed by atoms with Gasteiger partial charge in [-0.1, -0.05) is 24.3 Å². The lowest BCUT2D eigenvalue weighted by atomic mass is 10.1. The maximum absolute atomic E-state index is 12.5. The Labute approximate surface area is 149 Å². The zero-order valence-electron chi connectivity index (χ0n) is 14.9. The van der Waals surface area contributed by atoms with E-state index < -0.39 is 0 Å². The molecule has 2 heterocycles. The topological polar surface area (TPSA) is 48.5 Å². The number of carbonyl (C=O) groups excluding carboxylic acids is 1. The van der Waals surface area contributed by atoms with Crippen molar-refractivity contribution in [1.82, 2.24) is 14.8 Å². The predicted octanol–water partition coefficient (Wildman–Crippen LogP) is 2.79. The standard InChI is InChI=1S/C20H26N4O/c1-16(18-7-6-10-21-15-18)23-11-13-24(14-12-23)17(2)20(25)22-19-8-4-3-5-9-19/h3-10,15-17H,11-14H2,1-2H3,(H,22,25)/t16-,17+/m0/s1. The predicted molar refractivity (Wildman–Crippen MR) is 100 cm³/mol. The second-order valence-electron chi connectivity index (χ2n) is 6.57. The number of anilines is 1. The number of pyridine rings is 1. The van der Waals surface area contributed by atoms with Gasteiger partial charge < -0.3 is 5.32 Å². The average Bonchev–Trinajstić information content (AvgIpc) is 2.68. The summed E-state index contributed by atoms with van der Waals surface area (Å²) in [6.07, 6.45) is 3.74. The molecule has 2 atom stereocenters. The summed E-state index contributed by atoms with van der Waals surface area (Å²) in [6, 6.07) is 14.0. The summed E-state index contributed by atoms with van der Waals surface area (Å²) in [6.45, 7) is 7.91. The molecule has 1 N–H and O–H groups in total. The molecule has 2 aromatic rings. The molecular formula is C20H26N4O. The second kappa shape index (κ2) is 8.23. The molecular weight excluding hydrogens is 312 g/mol. The summed E-state index contributed by atoms with van der Waals surface area (Å²) >= 11 is 0. The number of aromatic nitrogens is 1. The van der Waals surface area contributed by atoms with E-state index in [-0.39, 0.29) is 11.9 Å². The summed E-state index contributed by atoms with van der Waals surface area (Å²) in [5.41, 5.74) is 2.09. The van der Waals surface area contributed by atoms with Crippen molar-refractivity contribution in [2.45, 2.75) is 25.9 Å². The molecule has 0 bridgehead atoms. The Kier molecular flexibility index (Phi) is 5.79. The Hall–Kier alpha value is -2.24. The fraction of sp³-hybridized carbons (Fsp3) is 0.400. The van der Waals surface area contributed by atoms with E-state index in [4.69, 9.17) is 0 Å². The Morgan fingerprint density at radius 2 is 1.68 bits per heavy atom. The molecule has 0 aliphatic carbocycles. The molecule has 0 spiro atoms. The highest BCUT2D eigenvalue weighted by atomic mass is 16.2. The minimum atomic E-state index is -0.129. The van der Waals surface area contributed by atoms with Crippen molar-refractivity contribution in [3.05, 3.63) is 60.4 Å². The van der Waals surface area contributed by atoms with Crippen LogP contribution in [-0.4, -0.2) is 52.9 Å². The van der Waals surface area contributed by atoms with Gasteiger partial charge in [-0.15, -0.1) is 0 Å². The molecule has 3 rings (SSSR count). The number of amides is 1. The van der Waals surface area contributed by atoms with Crippen molar-refractivity contribution in [3.63, 3.8) is 0 Å². The van der Waals surface area contributed by atoms with E-state index in [0.29, 0.717) is 6.04 Å². The zero-order valence-corrected chi connectivity index (χ0v) is 14.9. The van der Waals surface area contributed by atoms with E-state index in [1.807, 2.05) is 49.5 Å². The van der Waals surface area contributed by atoms with E-state index in [9.17, 15) is 4.79 Å². The van der Waals surface area contributed by atoms with Crippen molar-refractivity contribution in [1.29, 1.82) is 0 Å². The average molecular weight is 338 g/mol. The third-order valence-electron chi connectivity index (χ3n) is 5.03. The molecule has 1 aliphatic heterocycles. The van der Waals surface area contributed by atoms with Crippen LogP contribution in [-0.2, 0) is 4.79 Å². The molecule has 0 radical (unpaired) electrons. The summed E-state index contributed by atoms with van der Waals surface area (Å²) in [7, 11) is 0. The first-order valence-electron chi connectivity index (χ1n) is 8.89. The first kappa shape index (κ1) is 17.6. The quantitative estimate of drug-likeness (QED) is 0.911. The van der Waals surface area contributed by atoms with E-state index >= 15 is 0 Å². The van der Waals surface area contributed by atoms with Crippen molar-refractivity contribution in [3.8, 4) is 0 Å². The smallest absolute Gasteiger partial charge is 0.241 e. The fourth-order valence-corrected chi connectivity index (χ4v) is 3.28. The highest BCUT2D eigenvalue weighted by molar-refractivity contribution is 5.94. The van der Waals surface area contributed by atoms with Gasteiger partial charge in [0, 0.05) is 50.3 Å². The summed E-state index contributed by atoms with van der Waals surface area (Å²) in [5, 5.41) is 3.00. The van der Waals surface area contributed by atoms with Gasteiger partial charge in [-0.25, -0.2) is 0 Å². The summed E-state index contributed by atoms with van der Waals surface area (Å²) < 4.78 is 0. The highest BCUT2D eigenvalue weighted by Gasteiger charge is 2.27. The van der Waals surface area contributed by atoms with Gasteiger partial charge in [0.15, 0.2) is 0 Å². The van der Waals surface area contributed by atoms with Crippen molar-refractivity contribution in [2.24, 2.45) is 0 Å². The number of carbonyl (C=O) groups is 1. The normalized spacial score (nSPS) is 18.5. The maximum atomic E-state index is 12.5. The van der Waals surface area contributed by atoms with E-state index in [1.165, 1.54) is 5.56 Å². The number of rotatable bonds is 5. The van der Waals surface area contributed by atoms with Crippen LogP contribution < -0.4 is 5.32 Å². The Bertz CT molecular complexity index is 669. The molecule has 5 heteroatoms. The number of benzene rings is 1. The molecule has 25 heavy (non-hydrogen) atoms. The van der Waals surface area contributed by atoms with Crippen LogP contribution in [0.15, 0.2) is 54.9 Å². The van der Waals surface area contributed by atoms with Crippen LogP contribution in [0.4, 0.5) is 5.69 Å². The van der Waals surface area contributed by atoms with Crippen LogP contribution in [0, 0.1) is 0 Å². The first-order chi connectivity index (χ1) is 12.1. The monoisotopic (exact) mass is 338 g/mol.